The van der Waals surface area contributed by atoms with E-state index < -0.39 is 17.6 Å². The number of benzene rings is 1. The zero-order chi connectivity index (χ0) is 18.0. The fraction of sp³-hybridized carbons (Fsp3) is 0.353. The Balaban J connectivity index is 1.76. The SMILES string of the molecule is Cc1cc(C(=O)Nc2ccc(C(F)(F)F)cc2)nc(N2CCCC2)n1. The number of carbonyl (C=O) groups is 1. The summed E-state index contributed by atoms with van der Waals surface area (Å²) in [5.41, 5.74) is 0.362. The second-order valence-corrected chi connectivity index (χ2v) is 5.92. The zero-order valence-electron chi connectivity index (χ0n) is 13.6. The molecule has 1 aromatic heterocycles. The number of rotatable bonds is 3. The molecule has 0 spiro atoms. The van der Waals surface area contributed by atoms with Crippen LogP contribution in [0.5, 0.6) is 0 Å². The number of amides is 1. The molecule has 5 nitrogen and oxygen atoms in total. The van der Waals surface area contributed by atoms with Crippen LogP contribution in [-0.2, 0) is 6.18 Å². The molecule has 0 radical (unpaired) electrons. The van der Waals surface area contributed by atoms with Gasteiger partial charge in [0.25, 0.3) is 5.91 Å². The number of nitrogens with one attached hydrogen (secondary N) is 1. The Kier molecular flexibility index (Phi) is 4.61. The number of halogens is 3. The van der Waals surface area contributed by atoms with E-state index in [1.54, 1.807) is 13.0 Å². The van der Waals surface area contributed by atoms with Crippen LogP contribution in [0.1, 0.15) is 34.6 Å². The average Bonchev–Trinajstić information content (AvgIpc) is 3.08. The molecule has 1 saturated heterocycles. The molecule has 8 heteroatoms. The molecule has 1 fully saturated rings. The van der Waals surface area contributed by atoms with E-state index in [0.29, 0.717) is 11.6 Å². The van der Waals surface area contributed by atoms with Crippen molar-refractivity contribution >= 4 is 17.5 Å². The van der Waals surface area contributed by atoms with Crippen LogP contribution in [0.25, 0.3) is 0 Å². The van der Waals surface area contributed by atoms with Gasteiger partial charge in [-0.15, -0.1) is 0 Å². The number of aromatic nitrogens is 2. The fourth-order valence-electron chi connectivity index (χ4n) is 2.67. The molecule has 2 heterocycles. The van der Waals surface area contributed by atoms with Crippen LogP contribution in [0.15, 0.2) is 30.3 Å². The Morgan fingerprint density at radius 1 is 1.12 bits per heavy atom. The van der Waals surface area contributed by atoms with Crippen LogP contribution in [0, 0.1) is 6.92 Å². The van der Waals surface area contributed by atoms with Crippen LogP contribution in [0.3, 0.4) is 0 Å². The van der Waals surface area contributed by atoms with Crippen LogP contribution in [-0.4, -0.2) is 29.0 Å². The molecule has 2 aromatic rings. The minimum atomic E-state index is -4.41. The summed E-state index contributed by atoms with van der Waals surface area (Å²) in [6.45, 7) is 3.48. The second-order valence-electron chi connectivity index (χ2n) is 5.92. The van der Waals surface area contributed by atoms with Crippen molar-refractivity contribution in [2.75, 3.05) is 23.3 Å². The maximum Gasteiger partial charge on any atom is 0.416 e. The topological polar surface area (TPSA) is 58.1 Å². The van der Waals surface area contributed by atoms with E-state index in [2.05, 4.69) is 15.3 Å². The average molecular weight is 350 g/mol. The molecule has 0 aliphatic carbocycles. The van der Waals surface area contributed by atoms with Gasteiger partial charge in [0.15, 0.2) is 0 Å². The summed E-state index contributed by atoms with van der Waals surface area (Å²) in [7, 11) is 0. The molecule has 0 atom stereocenters. The first-order chi connectivity index (χ1) is 11.8. The van der Waals surface area contributed by atoms with Gasteiger partial charge in [-0.1, -0.05) is 0 Å². The predicted molar refractivity (Wildman–Crippen MR) is 87.6 cm³/mol. The highest BCUT2D eigenvalue weighted by atomic mass is 19.4. The number of alkyl halides is 3. The molecular formula is C17H17F3N4O. The largest absolute Gasteiger partial charge is 0.416 e. The second kappa shape index (κ2) is 6.70. The van der Waals surface area contributed by atoms with Gasteiger partial charge in [0.1, 0.15) is 5.69 Å². The summed E-state index contributed by atoms with van der Waals surface area (Å²) in [5.74, 6) is 0.0285. The summed E-state index contributed by atoms with van der Waals surface area (Å²) >= 11 is 0. The smallest absolute Gasteiger partial charge is 0.341 e. The molecule has 0 bridgehead atoms. The van der Waals surface area contributed by atoms with Crippen molar-refractivity contribution in [3.63, 3.8) is 0 Å². The quantitative estimate of drug-likeness (QED) is 0.918. The first-order valence-corrected chi connectivity index (χ1v) is 7.92. The predicted octanol–water partition coefficient (Wildman–Crippen LogP) is 3.66. The van der Waals surface area contributed by atoms with Gasteiger partial charge in [0.2, 0.25) is 5.95 Å². The highest BCUT2D eigenvalue weighted by Gasteiger charge is 2.30. The van der Waals surface area contributed by atoms with Crippen molar-refractivity contribution < 1.29 is 18.0 Å². The number of hydrogen-bond acceptors (Lipinski definition) is 4. The Bertz CT molecular complexity index is 768. The molecule has 1 aliphatic heterocycles. The lowest BCUT2D eigenvalue weighted by Gasteiger charge is -2.16. The molecule has 3 rings (SSSR count). The maximum absolute atomic E-state index is 12.6. The van der Waals surface area contributed by atoms with E-state index >= 15 is 0 Å². The highest BCUT2D eigenvalue weighted by Crippen LogP contribution is 2.29. The third-order valence-corrected chi connectivity index (χ3v) is 3.93. The van der Waals surface area contributed by atoms with Gasteiger partial charge in [-0.25, -0.2) is 9.97 Å². The number of nitrogens with zero attached hydrogens (tertiary/aromatic N) is 3. The van der Waals surface area contributed by atoms with Crippen molar-refractivity contribution in [3.8, 4) is 0 Å². The number of carbonyl (C=O) groups excluding carboxylic acids is 1. The van der Waals surface area contributed by atoms with Gasteiger partial charge in [-0.2, -0.15) is 13.2 Å². The Morgan fingerprint density at radius 3 is 2.36 bits per heavy atom. The van der Waals surface area contributed by atoms with Gasteiger partial charge in [-0.05, 0) is 50.1 Å². The first-order valence-electron chi connectivity index (χ1n) is 7.92. The minimum Gasteiger partial charge on any atom is -0.341 e. The van der Waals surface area contributed by atoms with Gasteiger partial charge in [0.05, 0.1) is 5.56 Å². The Morgan fingerprint density at radius 2 is 1.76 bits per heavy atom. The molecule has 1 N–H and O–H groups in total. The summed E-state index contributed by atoms with van der Waals surface area (Å²) in [6, 6.07) is 5.85. The van der Waals surface area contributed by atoms with Gasteiger partial charge < -0.3 is 10.2 Å². The number of aryl methyl sites for hydroxylation is 1. The summed E-state index contributed by atoms with van der Waals surface area (Å²) in [5, 5.41) is 2.57. The molecule has 1 aliphatic rings. The maximum atomic E-state index is 12.6. The van der Waals surface area contributed by atoms with Gasteiger partial charge in [0, 0.05) is 24.5 Å². The number of hydrogen-bond donors (Lipinski definition) is 1. The molecule has 1 amide bonds. The summed E-state index contributed by atoms with van der Waals surface area (Å²) in [4.78, 5) is 23.0. The third-order valence-electron chi connectivity index (χ3n) is 3.93. The van der Waals surface area contributed by atoms with Gasteiger partial charge >= 0.3 is 6.18 Å². The van der Waals surface area contributed by atoms with Crippen molar-refractivity contribution in [1.29, 1.82) is 0 Å². The van der Waals surface area contributed by atoms with Crippen LogP contribution < -0.4 is 10.2 Å². The molecule has 0 unspecified atom stereocenters. The van der Waals surface area contributed by atoms with E-state index in [1.807, 2.05) is 4.90 Å². The molecule has 0 saturated carbocycles. The molecule has 132 valence electrons. The van der Waals surface area contributed by atoms with E-state index in [0.717, 1.165) is 38.1 Å². The third kappa shape index (κ3) is 4.07. The zero-order valence-corrected chi connectivity index (χ0v) is 13.6. The molecule has 25 heavy (non-hydrogen) atoms. The lowest BCUT2D eigenvalue weighted by atomic mass is 10.2. The Labute approximate surface area is 142 Å². The summed E-state index contributed by atoms with van der Waals surface area (Å²) in [6.07, 6.45) is -2.29. The van der Waals surface area contributed by atoms with Crippen molar-refractivity contribution in [1.82, 2.24) is 9.97 Å². The van der Waals surface area contributed by atoms with Gasteiger partial charge in [-0.3, -0.25) is 4.79 Å². The Hall–Kier alpha value is -2.64. The van der Waals surface area contributed by atoms with Crippen LogP contribution in [0.4, 0.5) is 24.8 Å². The minimum absolute atomic E-state index is 0.189. The highest BCUT2D eigenvalue weighted by molar-refractivity contribution is 6.03. The summed E-state index contributed by atoms with van der Waals surface area (Å²) < 4.78 is 37.7. The van der Waals surface area contributed by atoms with E-state index in [9.17, 15) is 18.0 Å². The lowest BCUT2D eigenvalue weighted by Crippen LogP contribution is -2.23. The van der Waals surface area contributed by atoms with Crippen LogP contribution in [0.2, 0.25) is 0 Å². The fourth-order valence-corrected chi connectivity index (χ4v) is 2.67. The monoisotopic (exact) mass is 350 g/mol. The normalized spacial score (nSPS) is 14.6. The van der Waals surface area contributed by atoms with Crippen molar-refractivity contribution in [2.24, 2.45) is 0 Å². The van der Waals surface area contributed by atoms with Crippen molar-refractivity contribution in [2.45, 2.75) is 25.9 Å². The first kappa shape index (κ1) is 17.2. The molecular weight excluding hydrogens is 333 g/mol. The molecule has 1 aromatic carbocycles. The van der Waals surface area contributed by atoms with E-state index in [1.165, 1.54) is 12.1 Å². The van der Waals surface area contributed by atoms with E-state index in [-0.39, 0.29) is 11.4 Å². The van der Waals surface area contributed by atoms with Crippen molar-refractivity contribution in [3.05, 3.63) is 47.3 Å². The van der Waals surface area contributed by atoms with E-state index in [4.69, 9.17) is 0 Å². The lowest BCUT2D eigenvalue weighted by molar-refractivity contribution is -0.137. The standard InChI is InChI=1S/C17H17F3N4O/c1-11-10-14(23-16(21-11)24-8-2-3-9-24)15(25)22-13-6-4-12(5-7-13)17(18,19)20/h4-7,10H,2-3,8-9H2,1H3,(H,22,25). The number of anilines is 2. The van der Waals surface area contributed by atoms with Crippen LogP contribution >= 0.6 is 0 Å².